The van der Waals surface area contributed by atoms with Crippen molar-refractivity contribution in [2.24, 2.45) is 11.8 Å². The largest absolute Gasteiger partial charge is 0.323 e. The van der Waals surface area contributed by atoms with E-state index in [2.05, 4.69) is 31.0 Å². The summed E-state index contributed by atoms with van der Waals surface area (Å²) in [5.41, 5.74) is -0.134. The molecule has 18 heavy (non-hydrogen) atoms. The summed E-state index contributed by atoms with van der Waals surface area (Å²) in [6, 6.07) is 0.480. The Balaban J connectivity index is 1.79. The maximum Gasteiger partial charge on any atom is 0.244 e. The van der Waals surface area contributed by atoms with Gasteiger partial charge in [0.15, 0.2) is 0 Å². The normalized spacial score (nSPS) is 42.6. The molecule has 3 aliphatic rings. The summed E-state index contributed by atoms with van der Waals surface area (Å²) >= 11 is 0. The van der Waals surface area contributed by atoms with Crippen LogP contribution in [0.1, 0.15) is 59.3 Å². The first-order chi connectivity index (χ1) is 8.55. The van der Waals surface area contributed by atoms with Gasteiger partial charge < -0.3 is 4.90 Å². The summed E-state index contributed by atoms with van der Waals surface area (Å²) in [6.45, 7) is 6.87. The van der Waals surface area contributed by atoms with Crippen molar-refractivity contribution in [2.75, 3.05) is 0 Å². The second kappa shape index (κ2) is 4.22. The smallest absolute Gasteiger partial charge is 0.244 e. The minimum atomic E-state index is -0.134. The van der Waals surface area contributed by atoms with Crippen LogP contribution in [0.5, 0.6) is 0 Å². The van der Waals surface area contributed by atoms with Gasteiger partial charge in [0, 0.05) is 6.04 Å². The van der Waals surface area contributed by atoms with E-state index < -0.39 is 0 Å². The quantitative estimate of drug-likeness (QED) is 0.816. The fraction of sp³-hybridized carbons (Fsp3) is 0.933. The average molecular weight is 250 g/mol. The van der Waals surface area contributed by atoms with Crippen LogP contribution in [0, 0.1) is 11.8 Å². The third-order valence-electron chi connectivity index (χ3n) is 5.11. The monoisotopic (exact) mass is 250 g/mol. The Labute approximate surface area is 110 Å². The maximum atomic E-state index is 12.6. The molecule has 1 N–H and O–H groups in total. The van der Waals surface area contributed by atoms with Crippen molar-refractivity contribution >= 4 is 5.91 Å². The highest BCUT2D eigenvalue weighted by Gasteiger charge is 2.60. The van der Waals surface area contributed by atoms with Crippen molar-refractivity contribution in [3.8, 4) is 0 Å². The molecule has 0 aromatic heterocycles. The van der Waals surface area contributed by atoms with Gasteiger partial charge in [0.25, 0.3) is 0 Å². The number of carbonyl (C=O) groups excluding carboxylic acids is 1. The van der Waals surface area contributed by atoms with Crippen molar-refractivity contribution in [3.05, 3.63) is 0 Å². The molecule has 3 rings (SSSR count). The highest BCUT2D eigenvalue weighted by molar-refractivity contribution is 5.92. The molecule has 0 aromatic carbocycles. The van der Waals surface area contributed by atoms with Gasteiger partial charge in [-0.15, -0.1) is 0 Å². The molecule has 1 amide bonds. The van der Waals surface area contributed by atoms with Crippen LogP contribution in [-0.2, 0) is 4.79 Å². The van der Waals surface area contributed by atoms with Gasteiger partial charge in [-0.3, -0.25) is 10.1 Å². The molecule has 0 bridgehead atoms. The fourth-order valence-corrected chi connectivity index (χ4v) is 4.17. The average Bonchev–Trinajstić information content (AvgIpc) is 3.01. The van der Waals surface area contributed by atoms with Crippen molar-refractivity contribution in [2.45, 2.75) is 77.0 Å². The van der Waals surface area contributed by atoms with E-state index in [9.17, 15) is 4.79 Å². The molecule has 2 saturated carbocycles. The molecule has 2 aliphatic carbocycles. The lowest BCUT2D eigenvalue weighted by atomic mass is 9.79. The molecule has 0 aromatic rings. The summed E-state index contributed by atoms with van der Waals surface area (Å²) in [6.07, 6.45) is 7.16. The summed E-state index contributed by atoms with van der Waals surface area (Å²) in [5, 5.41) is 3.59. The van der Waals surface area contributed by atoms with Gasteiger partial charge in [0.2, 0.25) is 5.91 Å². The molecule has 0 radical (unpaired) electrons. The highest BCUT2D eigenvalue weighted by atomic mass is 16.2. The van der Waals surface area contributed by atoms with Crippen LogP contribution in [0.2, 0.25) is 0 Å². The molecule has 1 spiro atoms. The Morgan fingerprint density at radius 2 is 1.83 bits per heavy atom. The number of hydrogen-bond acceptors (Lipinski definition) is 2. The third-order valence-corrected chi connectivity index (χ3v) is 5.11. The number of hydrogen-bond donors (Lipinski definition) is 1. The molecule has 1 saturated heterocycles. The molecule has 3 heteroatoms. The number of nitrogens with zero attached hydrogens (tertiary/aromatic N) is 1. The van der Waals surface area contributed by atoms with Crippen molar-refractivity contribution < 1.29 is 4.79 Å². The molecule has 3 nitrogen and oxygen atoms in total. The predicted molar refractivity (Wildman–Crippen MR) is 72.0 cm³/mol. The molecule has 1 aliphatic heterocycles. The van der Waals surface area contributed by atoms with E-state index in [4.69, 9.17) is 0 Å². The lowest BCUT2D eigenvalue weighted by Gasteiger charge is -2.39. The number of carbonyl (C=O) groups is 1. The van der Waals surface area contributed by atoms with E-state index in [1.54, 1.807) is 0 Å². The van der Waals surface area contributed by atoms with Crippen molar-refractivity contribution in [1.82, 2.24) is 10.2 Å². The second-order valence-corrected chi connectivity index (χ2v) is 6.93. The van der Waals surface area contributed by atoms with E-state index >= 15 is 0 Å². The summed E-state index contributed by atoms with van der Waals surface area (Å²) in [4.78, 5) is 14.9. The standard InChI is InChI=1S/C15H26N2O/c1-4-13-16-15(5-6-15)14(18)17(13)12-8-10(2)7-11(3)9-12/h10-13,16H,4-9H2,1-3H3. The number of nitrogens with one attached hydrogen (secondary N) is 1. The Bertz CT molecular complexity index is 340. The molecular weight excluding hydrogens is 224 g/mol. The fourth-order valence-electron chi connectivity index (χ4n) is 4.17. The first-order valence-electron chi connectivity index (χ1n) is 7.66. The molecule has 3 atom stereocenters. The van der Waals surface area contributed by atoms with Crippen LogP contribution in [-0.4, -0.2) is 28.6 Å². The molecule has 1 heterocycles. The lowest BCUT2D eigenvalue weighted by molar-refractivity contribution is -0.134. The van der Waals surface area contributed by atoms with Gasteiger partial charge in [0.1, 0.15) is 0 Å². The zero-order chi connectivity index (χ0) is 12.9. The Kier molecular flexibility index (Phi) is 2.92. The zero-order valence-electron chi connectivity index (χ0n) is 11.9. The van der Waals surface area contributed by atoms with Crippen LogP contribution in [0.4, 0.5) is 0 Å². The Morgan fingerprint density at radius 1 is 1.22 bits per heavy atom. The Hall–Kier alpha value is -0.570. The first-order valence-corrected chi connectivity index (χ1v) is 7.66. The second-order valence-electron chi connectivity index (χ2n) is 6.93. The van der Waals surface area contributed by atoms with Gasteiger partial charge in [0.05, 0.1) is 11.7 Å². The lowest BCUT2D eigenvalue weighted by Crippen LogP contribution is -2.47. The highest BCUT2D eigenvalue weighted by Crippen LogP contribution is 2.45. The summed E-state index contributed by atoms with van der Waals surface area (Å²) in [5.74, 6) is 1.93. The van der Waals surface area contributed by atoms with Gasteiger partial charge >= 0.3 is 0 Å². The van der Waals surface area contributed by atoms with E-state index in [1.807, 2.05) is 0 Å². The van der Waals surface area contributed by atoms with Crippen molar-refractivity contribution in [1.29, 1.82) is 0 Å². The number of amides is 1. The third kappa shape index (κ3) is 1.87. The minimum absolute atomic E-state index is 0.134. The summed E-state index contributed by atoms with van der Waals surface area (Å²) in [7, 11) is 0. The summed E-state index contributed by atoms with van der Waals surface area (Å²) < 4.78 is 0. The van der Waals surface area contributed by atoms with Gasteiger partial charge in [-0.25, -0.2) is 0 Å². The van der Waals surface area contributed by atoms with Crippen LogP contribution in [0.3, 0.4) is 0 Å². The molecule has 3 unspecified atom stereocenters. The Morgan fingerprint density at radius 3 is 2.33 bits per heavy atom. The SMILES string of the molecule is CCC1NC2(CC2)C(=O)N1C1CC(C)CC(C)C1. The van der Waals surface area contributed by atoms with Crippen molar-refractivity contribution in [3.63, 3.8) is 0 Å². The first kappa shape index (κ1) is 12.5. The van der Waals surface area contributed by atoms with E-state index in [1.165, 1.54) is 19.3 Å². The topological polar surface area (TPSA) is 32.3 Å². The van der Waals surface area contributed by atoms with E-state index in [0.717, 1.165) is 31.1 Å². The maximum absolute atomic E-state index is 12.6. The molecule has 102 valence electrons. The predicted octanol–water partition coefficient (Wildman–Crippen LogP) is 2.51. The van der Waals surface area contributed by atoms with Crippen LogP contribution >= 0.6 is 0 Å². The van der Waals surface area contributed by atoms with E-state index in [0.29, 0.717) is 18.1 Å². The van der Waals surface area contributed by atoms with Crippen LogP contribution < -0.4 is 5.32 Å². The van der Waals surface area contributed by atoms with Crippen LogP contribution in [0.25, 0.3) is 0 Å². The molecular formula is C15H26N2O. The minimum Gasteiger partial charge on any atom is -0.323 e. The number of rotatable bonds is 2. The van der Waals surface area contributed by atoms with Gasteiger partial charge in [-0.2, -0.15) is 0 Å². The van der Waals surface area contributed by atoms with Crippen LogP contribution in [0.15, 0.2) is 0 Å². The zero-order valence-corrected chi connectivity index (χ0v) is 11.9. The molecule has 3 fully saturated rings. The van der Waals surface area contributed by atoms with Gasteiger partial charge in [-0.05, 0) is 50.4 Å². The van der Waals surface area contributed by atoms with E-state index in [-0.39, 0.29) is 5.54 Å². The van der Waals surface area contributed by atoms with Gasteiger partial charge in [-0.1, -0.05) is 20.8 Å².